The van der Waals surface area contributed by atoms with E-state index in [-0.39, 0.29) is 19.5 Å². The van der Waals surface area contributed by atoms with Crippen LogP contribution in [0.25, 0.3) is 0 Å². The van der Waals surface area contributed by atoms with Gasteiger partial charge in [-0.1, -0.05) is 30.3 Å². The first-order valence-corrected chi connectivity index (χ1v) is 5.85. The van der Waals surface area contributed by atoms with Gasteiger partial charge in [0, 0.05) is 0 Å². The summed E-state index contributed by atoms with van der Waals surface area (Å²) >= 11 is 0. The maximum atomic E-state index is 10.2. The number of carbonyl (C=O) groups is 1. The molecular formula is C13H18O6. The van der Waals surface area contributed by atoms with Gasteiger partial charge in [0.1, 0.15) is 24.4 Å². The lowest BCUT2D eigenvalue weighted by Gasteiger charge is -2.24. The van der Waals surface area contributed by atoms with Gasteiger partial charge >= 0.3 is 0 Å². The van der Waals surface area contributed by atoms with Crippen molar-refractivity contribution >= 4 is 6.29 Å². The Kier molecular flexibility index (Phi) is 6.61. The first kappa shape index (κ1) is 15.7. The van der Waals surface area contributed by atoms with E-state index in [9.17, 15) is 20.1 Å². The van der Waals surface area contributed by atoms with E-state index in [1.807, 2.05) is 30.3 Å². The van der Waals surface area contributed by atoms with Crippen molar-refractivity contribution in [1.82, 2.24) is 0 Å². The SMILES string of the molecule is O=C[C@H](O)[C@@H](O)[C@H](O)[C@H](O)COCc1ccccc1. The Labute approximate surface area is 110 Å². The Hall–Kier alpha value is -1.31. The molecule has 0 aromatic heterocycles. The average molecular weight is 270 g/mol. The Bertz CT molecular complexity index is 369. The number of aliphatic hydroxyl groups is 4. The lowest BCUT2D eigenvalue weighted by molar-refractivity contribution is -0.139. The van der Waals surface area contributed by atoms with Crippen LogP contribution in [0.5, 0.6) is 0 Å². The van der Waals surface area contributed by atoms with E-state index in [4.69, 9.17) is 9.84 Å². The molecule has 0 aliphatic rings. The highest BCUT2D eigenvalue weighted by Gasteiger charge is 2.30. The monoisotopic (exact) mass is 270 g/mol. The molecule has 0 amide bonds. The molecule has 106 valence electrons. The molecule has 6 heteroatoms. The molecule has 0 unspecified atom stereocenters. The second-order valence-electron chi connectivity index (χ2n) is 4.18. The summed E-state index contributed by atoms with van der Waals surface area (Å²) in [6.07, 6.45) is -6.44. The van der Waals surface area contributed by atoms with E-state index in [2.05, 4.69) is 0 Å². The van der Waals surface area contributed by atoms with Crippen molar-refractivity contribution in [3.05, 3.63) is 35.9 Å². The number of hydrogen-bond donors (Lipinski definition) is 4. The van der Waals surface area contributed by atoms with Gasteiger partial charge in [0.25, 0.3) is 0 Å². The van der Waals surface area contributed by atoms with Crippen molar-refractivity contribution in [3.63, 3.8) is 0 Å². The molecular weight excluding hydrogens is 252 g/mol. The predicted octanol–water partition coefficient (Wildman–Crippen LogP) is -1.15. The zero-order valence-electron chi connectivity index (χ0n) is 10.3. The van der Waals surface area contributed by atoms with E-state index in [0.717, 1.165) is 5.56 Å². The Morgan fingerprint density at radius 2 is 1.68 bits per heavy atom. The molecule has 0 aliphatic carbocycles. The number of aliphatic hydroxyl groups excluding tert-OH is 4. The van der Waals surface area contributed by atoms with Crippen molar-refractivity contribution < 1.29 is 30.0 Å². The smallest absolute Gasteiger partial charge is 0.151 e. The molecule has 4 atom stereocenters. The van der Waals surface area contributed by atoms with Gasteiger partial charge in [0.15, 0.2) is 6.29 Å². The summed E-state index contributed by atoms with van der Waals surface area (Å²) in [6, 6.07) is 9.23. The molecule has 0 saturated heterocycles. The number of rotatable bonds is 8. The largest absolute Gasteiger partial charge is 0.388 e. The summed E-state index contributed by atoms with van der Waals surface area (Å²) in [4.78, 5) is 10.2. The highest BCUT2D eigenvalue weighted by Crippen LogP contribution is 2.06. The Morgan fingerprint density at radius 3 is 2.26 bits per heavy atom. The molecule has 0 fully saturated rings. The summed E-state index contributed by atoms with van der Waals surface area (Å²) in [7, 11) is 0. The molecule has 19 heavy (non-hydrogen) atoms. The number of hydrogen-bond acceptors (Lipinski definition) is 6. The van der Waals surface area contributed by atoms with E-state index in [0.29, 0.717) is 0 Å². The van der Waals surface area contributed by atoms with Gasteiger partial charge in [-0.3, -0.25) is 0 Å². The average Bonchev–Trinajstić information content (AvgIpc) is 2.45. The van der Waals surface area contributed by atoms with Gasteiger partial charge in [-0.15, -0.1) is 0 Å². The molecule has 0 bridgehead atoms. The minimum Gasteiger partial charge on any atom is -0.388 e. The highest BCUT2D eigenvalue weighted by molar-refractivity contribution is 5.56. The third kappa shape index (κ3) is 5.06. The van der Waals surface area contributed by atoms with Gasteiger partial charge in [-0.05, 0) is 5.56 Å². The lowest BCUT2D eigenvalue weighted by atomic mass is 10.0. The Balaban J connectivity index is 2.34. The van der Waals surface area contributed by atoms with Crippen molar-refractivity contribution in [2.75, 3.05) is 6.61 Å². The van der Waals surface area contributed by atoms with E-state index < -0.39 is 24.4 Å². The molecule has 0 heterocycles. The minimum absolute atomic E-state index is 0.0887. The van der Waals surface area contributed by atoms with Crippen LogP contribution in [0.4, 0.5) is 0 Å². The van der Waals surface area contributed by atoms with Crippen molar-refractivity contribution in [2.45, 2.75) is 31.0 Å². The standard InChI is InChI=1S/C13H18O6/c14-6-10(15)12(17)13(18)11(16)8-19-7-9-4-2-1-3-5-9/h1-6,10-13,15-18H,7-8H2/t10-,11+,12+,13+/m0/s1. The van der Waals surface area contributed by atoms with Crippen LogP contribution in [0.1, 0.15) is 5.56 Å². The topological polar surface area (TPSA) is 107 Å². The number of ether oxygens (including phenoxy) is 1. The maximum absolute atomic E-state index is 10.2. The molecule has 0 radical (unpaired) electrons. The van der Waals surface area contributed by atoms with Gasteiger partial charge < -0.3 is 30.0 Å². The molecule has 4 N–H and O–H groups in total. The first-order valence-electron chi connectivity index (χ1n) is 5.85. The van der Waals surface area contributed by atoms with Crippen LogP contribution in [0.15, 0.2) is 30.3 Å². The third-order valence-electron chi connectivity index (χ3n) is 2.63. The fourth-order valence-electron chi connectivity index (χ4n) is 1.48. The van der Waals surface area contributed by atoms with Crippen LogP contribution in [-0.2, 0) is 16.1 Å². The van der Waals surface area contributed by atoms with E-state index in [1.165, 1.54) is 0 Å². The van der Waals surface area contributed by atoms with Gasteiger partial charge in [-0.2, -0.15) is 0 Å². The van der Waals surface area contributed by atoms with Crippen LogP contribution >= 0.6 is 0 Å². The van der Waals surface area contributed by atoms with Gasteiger partial charge in [0.05, 0.1) is 13.2 Å². The fourth-order valence-corrected chi connectivity index (χ4v) is 1.48. The lowest BCUT2D eigenvalue weighted by Crippen LogP contribution is -2.46. The van der Waals surface area contributed by atoms with Crippen LogP contribution < -0.4 is 0 Å². The van der Waals surface area contributed by atoms with Crippen LogP contribution in [-0.4, -0.2) is 57.7 Å². The Morgan fingerprint density at radius 1 is 1.05 bits per heavy atom. The highest BCUT2D eigenvalue weighted by atomic mass is 16.5. The number of benzene rings is 1. The normalized spacial score (nSPS) is 17.5. The van der Waals surface area contributed by atoms with Crippen molar-refractivity contribution in [2.24, 2.45) is 0 Å². The van der Waals surface area contributed by atoms with Crippen LogP contribution in [0.3, 0.4) is 0 Å². The summed E-state index contributed by atoms with van der Waals surface area (Å²) in [6.45, 7) is 0.0235. The number of aldehydes is 1. The quantitative estimate of drug-likeness (QED) is 0.444. The second-order valence-corrected chi connectivity index (χ2v) is 4.18. The van der Waals surface area contributed by atoms with Gasteiger partial charge in [-0.25, -0.2) is 0 Å². The summed E-state index contributed by atoms with van der Waals surface area (Å²) in [5, 5.41) is 37.4. The molecule has 1 aromatic carbocycles. The first-order chi connectivity index (χ1) is 9.06. The summed E-state index contributed by atoms with van der Waals surface area (Å²) in [5.41, 5.74) is 0.901. The molecule has 6 nitrogen and oxygen atoms in total. The number of carbonyl (C=O) groups excluding carboxylic acids is 1. The molecule has 1 aromatic rings. The van der Waals surface area contributed by atoms with Crippen molar-refractivity contribution in [3.8, 4) is 0 Å². The molecule has 0 saturated carbocycles. The zero-order valence-corrected chi connectivity index (χ0v) is 10.3. The van der Waals surface area contributed by atoms with Crippen molar-refractivity contribution in [1.29, 1.82) is 0 Å². The summed E-state index contributed by atoms with van der Waals surface area (Å²) in [5.74, 6) is 0. The summed E-state index contributed by atoms with van der Waals surface area (Å²) < 4.78 is 5.18. The third-order valence-corrected chi connectivity index (χ3v) is 2.63. The fraction of sp³-hybridized carbons (Fsp3) is 0.462. The molecule has 0 aliphatic heterocycles. The van der Waals surface area contributed by atoms with Crippen LogP contribution in [0.2, 0.25) is 0 Å². The maximum Gasteiger partial charge on any atom is 0.151 e. The van der Waals surface area contributed by atoms with Gasteiger partial charge in [0.2, 0.25) is 0 Å². The second kappa shape index (κ2) is 7.98. The van der Waals surface area contributed by atoms with E-state index >= 15 is 0 Å². The van der Waals surface area contributed by atoms with E-state index in [1.54, 1.807) is 0 Å². The molecule has 0 spiro atoms. The molecule has 1 rings (SSSR count). The minimum atomic E-state index is -1.74. The van der Waals surface area contributed by atoms with Crippen LogP contribution in [0, 0.1) is 0 Å². The predicted molar refractivity (Wildman–Crippen MR) is 66.2 cm³/mol. The zero-order chi connectivity index (χ0) is 14.3.